The van der Waals surface area contributed by atoms with Crippen LogP contribution in [0.1, 0.15) is 27.6 Å². The molecule has 0 amide bonds. The number of halogens is 1. The Balaban J connectivity index is 2.46. The summed E-state index contributed by atoms with van der Waals surface area (Å²) in [5.74, 6) is 0.890. The average Bonchev–Trinajstić information content (AvgIpc) is 2.77. The molecule has 4 heteroatoms. The smallest absolute Gasteiger partial charge is 0.122 e. The molecule has 2 rings (SSSR count). The van der Waals surface area contributed by atoms with Crippen molar-refractivity contribution in [3.05, 3.63) is 50.2 Å². The number of methoxy groups -OCH3 is 1. The van der Waals surface area contributed by atoms with Crippen molar-refractivity contribution in [3.63, 3.8) is 0 Å². The van der Waals surface area contributed by atoms with Crippen LogP contribution in [0, 0.1) is 13.8 Å². The molecule has 2 aromatic rings. The van der Waals surface area contributed by atoms with E-state index in [4.69, 9.17) is 22.1 Å². The molecule has 1 atom stereocenters. The van der Waals surface area contributed by atoms with Crippen molar-refractivity contribution < 1.29 is 4.74 Å². The summed E-state index contributed by atoms with van der Waals surface area (Å²) in [5, 5.41) is 2.70. The summed E-state index contributed by atoms with van der Waals surface area (Å²) in [4.78, 5) is 1.00. The van der Waals surface area contributed by atoms with Gasteiger partial charge in [0.1, 0.15) is 5.75 Å². The standard InChI is InChI=1S/C14H16ClNOS/c1-8-7-12(17-3)9(2)6-10(8)13(16)14-11(15)4-5-18-14/h4-7,13H,16H2,1-3H3. The van der Waals surface area contributed by atoms with Gasteiger partial charge in [-0.25, -0.2) is 0 Å². The second-order valence-corrected chi connectivity index (χ2v) is 5.64. The third kappa shape index (κ3) is 2.39. The lowest BCUT2D eigenvalue weighted by Gasteiger charge is -2.16. The van der Waals surface area contributed by atoms with E-state index in [1.165, 1.54) is 0 Å². The molecule has 18 heavy (non-hydrogen) atoms. The quantitative estimate of drug-likeness (QED) is 0.920. The van der Waals surface area contributed by atoms with Crippen molar-refractivity contribution in [2.75, 3.05) is 7.11 Å². The minimum absolute atomic E-state index is 0.179. The molecule has 0 aliphatic rings. The van der Waals surface area contributed by atoms with Crippen LogP contribution in [0.15, 0.2) is 23.6 Å². The van der Waals surface area contributed by atoms with E-state index in [1.54, 1.807) is 18.4 Å². The SMILES string of the molecule is COc1cc(C)c(C(N)c2sccc2Cl)cc1C. The molecule has 0 radical (unpaired) electrons. The summed E-state index contributed by atoms with van der Waals surface area (Å²) >= 11 is 7.73. The average molecular weight is 282 g/mol. The van der Waals surface area contributed by atoms with E-state index in [2.05, 4.69) is 6.07 Å². The second kappa shape index (κ2) is 5.31. The Bertz CT molecular complexity index is 565. The molecular weight excluding hydrogens is 266 g/mol. The predicted molar refractivity (Wildman–Crippen MR) is 77.8 cm³/mol. The molecule has 0 aliphatic heterocycles. The Morgan fingerprint density at radius 2 is 2.00 bits per heavy atom. The fourth-order valence-corrected chi connectivity index (χ4v) is 3.23. The van der Waals surface area contributed by atoms with Crippen LogP contribution in [0.25, 0.3) is 0 Å². The summed E-state index contributed by atoms with van der Waals surface area (Å²) in [5.41, 5.74) is 9.61. The van der Waals surface area contributed by atoms with Gasteiger partial charge in [-0.05, 0) is 48.1 Å². The highest BCUT2D eigenvalue weighted by atomic mass is 35.5. The van der Waals surface area contributed by atoms with Crippen LogP contribution in [0.5, 0.6) is 5.75 Å². The molecule has 96 valence electrons. The lowest BCUT2D eigenvalue weighted by molar-refractivity contribution is 0.411. The van der Waals surface area contributed by atoms with Gasteiger partial charge in [-0.3, -0.25) is 0 Å². The topological polar surface area (TPSA) is 35.2 Å². The normalized spacial score (nSPS) is 12.5. The Hall–Kier alpha value is -1.03. The van der Waals surface area contributed by atoms with Crippen molar-refractivity contribution >= 4 is 22.9 Å². The van der Waals surface area contributed by atoms with Gasteiger partial charge in [0.15, 0.2) is 0 Å². The van der Waals surface area contributed by atoms with E-state index >= 15 is 0 Å². The second-order valence-electron chi connectivity index (χ2n) is 4.29. The van der Waals surface area contributed by atoms with Crippen molar-refractivity contribution in [1.29, 1.82) is 0 Å². The Morgan fingerprint density at radius 1 is 1.28 bits per heavy atom. The first-order valence-corrected chi connectivity index (χ1v) is 6.94. The molecule has 1 heterocycles. The van der Waals surface area contributed by atoms with E-state index in [-0.39, 0.29) is 6.04 Å². The maximum atomic E-state index is 6.31. The number of ether oxygens (including phenoxy) is 1. The molecule has 0 saturated carbocycles. The first-order valence-electron chi connectivity index (χ1n) is 5.68. The third-order valence-electron chi connectivity index (χ3n) is 3.05. The third-order valence-corrected chi connectivity index (χ3v) is 4.49. The van der Waals surface area contributed by atoms with Gasteiger partial charge in [0.2, 0.25) is 0 Å². The van der Waals surface area contributed by atoms with Crippen molar-refractivity contribution in [3.8, 4) is 5.75 Å². The van der Waals surface area contributed by atoms with Gasteiger partial charge in [-0.15, -0.1) is 11.3 Å². The van der Waals surface area contributed by atoms with Gasteiger partial charge in [0.05, 0.1) is 18.2 Å². The summed E-state index contributed by atoms with van der Waals surface area (Å²) in [7, 11) is 1.68. The molecule has 0 aliphatic carbocycles. The van der Waals surface area contributed by atoms with E-state index in [9.17, 15) is 0 Å². The molecule has 0 bridgehead atoms. The van der Waals surface area contributed by atoms with Crippen LogP contribution >= 0.6 is 22.9 Å². The first kappa shape index (κ1) is 13.4. The van der Waals surface area contributed by atoms with Crippen LogP contribution in [0.3, 0.4) is 0 Å². The number of rotatable bonds is 3. The Labute approximate surface area is 116 Å². The minimum atomic E-state index is -0.179. The molecule has 0 saturated heterocycles. The summed E-state index contributed by atoms with van der Waals surface area (Å²) in [6, 6.07) is 5.80. The van der Waals surface area contributed by atoms with Gasteiger partial charge >= 0.3 is 0 Å². The highest BCUT2D eigenvalue weighted by Gasteiger charge is 2.17. The van der Waals surface area contributed by atoms with Crippen LogP contribution in [-0.2, 0) is 0 Å². The lowest BCUT2D eigenvalue weighted by Crippen LogP contribution is -2.12. The largest absolute Gasteiger partial charge is 0.496 e. The van der Waals surface area contributed by atoms with Gasteiger partial charge in [-0.1, -0.05) is 17.7 Å². The zero-order chi connectivity index (χ0) is 13.3. The molecule has 0 fully saturated rings. The minimum Gasteiger partial charge on any atom is -0.496 e. The highest BCUT2D eigenvalue weighted by Crippen LogP contribution is 2.34. The molecule has 2 nitrogen and oxygen atoms in total. The van der Waals surface area contributed by atoms with Crippen LogP contribution < -0.4 is 10.5 Å². The molecule has 0 spiro atoms. The summed E-state index contributed by atoms with van der Waals surface area (Å²) in [6.45, 7) is 4.06. The molecule has 1 aromatic carbocycles. The van der Waals surface area contributed by atoms with E-state index < -0.39 is 0 Å². The zero-order valence-corrected chi connectivity index (χ0v) is 12.2. The van der Waals surface area contributed by atoms with E-state index in [0.29, 0.717) is 0 Å². The van der Waals surface area contributed by atoms with Crippen molar-refractivity contribution in [1.82, 2.24) is 0 Å². The van der Waals surface area contributed by atoms with Gasteiger partial charge in [0, 0.05) is 4.88 Å². The molecule has 1 aromatic heterocycles. The maximum absolute atomic E-state index is 6.31. The number of nitrogens with two attached hydrogens (primary N) is 1. The zero-order valence-electron chi connectivity index (χ0n) is 10.7. The first-order chi connectivity index (χ1) is 8.54. The van der Waals surface area contributed by atoms with Crippen molar-refractivity contribution in [2.24, 2.45) is 5.73 Å². The lowest BCUT2D eigenvalue weighted by atomic mass is 9.98. The van der Waals surface area contributed by atoms with Crippen LogP contribution in [0.2, 0.25) is 5.02 Å². The van der Waals surface area contributed by atoms with Gasteiger partial charge in [-0.2, -0.15) is 0 Å². The monoisotopic (exact) mass is 281 g/mol. The van der Waals surface area contributed by atoms with Gasteiger partial charge < -0.3 is 10.5 Å². The summed E-state index contributed by atoms with van der Waals surface area (Å²) in [6.07, 6.45) is 0. The van der Waals surface area contributed by atoms with E-state index in [1.807, 2.05) is 31.4 Å². The number of thiophene rings is 1. The number of aryl methyl sites for hydroxylation is 2. The highest BCUT2D eigenvalue weighted by molar-refractivity contribution is 7.10. The molecule has 2 N–H and O–H groups in total. The van der Waals surface area contributed by atoms with Crippen molar-refractivity contribution in [2.45, 2.75) is 19.9 Å². The molecular formula is C14H16ClNOS. The summed E-state index contributed by atoms with van der Waals surface area (Å²) < 4.78 is 5.31. The Morgan fingerprint density at radius 3 is 2.56 bits per heavy atom. The number of benzene rings is 1. The fourth-order valence-electron chi connectivity index (χ4n) is 2.04. The molecule has 1 unspecified atom stereocenters. The van der Waals surface area contributed by atoms with E-state index in [0.717, 1.165) is 32.3 Å². The fraction of sp³-hybridized carbons (Fsp3) is 0.286. The number of hydrogen-bond donors (Lipinski definition) is 1. The van der Waals surface area contributed by atoms with Crippen LogP contribution in [-0.4, -0.2) is 7.11 Å². The maximum Gasteiger partial charge on any atom is 0.122 e. The van der Waals surface area contributed by atoms with Gasteiger partial charge in [0.25, 0.3) is 0 Å². The van der Waals surface area contributed by atoms with Crippen LogP contribution in [0.4, 0.5) is 0 Å². The Kier molecular flexibility index (Phi) is 3.95. The predicted octanol–water partition coefficient (Wildman–Crippen LogP) is 4.08. The number of hydrogen-bond acceptors (Lipinski definition) is 3.